The van der Waals surface area contributed by atoms with Crippen LogP contribution in [0.15, 0.2) is 54.6 Å². The highest BCUT2D eigenvalue weighted by molar-refractivity contribution is 5.95. The van der Waals surface area contributed by atoms with Gasteiger partial charge in [0.25, 0.3) is 11.8 Å². The van der Waals surface area contributed by atoms with Crippen LogP contribution in [0.3, 0.4) is 0 Å². The molecule has 124 valence electrons. The van der Waals surface area contributed by atoms with E-state index in [4.69, 9.17) is 5.73 Å². The molecule has 1 heterocycles. The van der Waals surface area contributed by atoms with Crippen LogP contribution in [0.1, 0.15) is 33.6 Å². The molecule has 0 bridgehead atoms. The molecule has 0 radical (unpaired) electrons. The molecule has 0 aliphatic carbocycles. The second-order valence-corrected chi connectivity index (χ2v) is 6.03. The number of benzene rings is 2. The molecular weight excluding hydrogens is 302 g/mol. The molecule has 3 rings (SSSR count). The lowest BCUT2D eigenvalue weighted by atomic mass is 10.0. The van der Waals surface area contributed by atoms with Gasteiger partial charge in [0.15, 0.2) is 0 Å². The molecule has 0 saturated carbocycles. The fourth-order valence-corrected chi connectivity index (χ4v) is 2.89. The van der Waals surface area contributed by atoms with E-state index in [1.54, 1.807) is 36.4 Å². The molecule has 24 heavy (non-hydrogen) atoms. The van der Waals surface area contributed by atoms with Crippen molar-refractivity contribution in [3.05, 3.63) is 65.7 Å². The van der Waals surface area contributed by atoms with Crippen LogP contribution in [0.5, 0.6) is 0 Å². The van der Waals surface area contributed by atoms with E-state index in [0.717, 1.165) is 12.8 Å². The van der Waals surface area contributed by atoms with Crippen molar-refractivity contribution >= 4 is 17.5 Å². The number of hydrogen-bond acceptors (Lipinski definition) is 3. The van der Waals surface area contributed by atoms with E-state index < -0.39 is 0 Å². The van der Waals surface area contributed by atoms with E-state index in [-0.39, 0.29) is 17.9 Å². The van der Waals surface area contributed by atoms with E-state index >= 15 is 0 Å². The van der Waals surface area contributed by atoms with Crippen molar-refractivity contribution in [2.45, 2.75) is 18.9 Å². The summed E-state index contributed by atoms with van der Waals surface area (Å²) in [5, 5.41) is 3.05. The molecule has 2 amide bonds. The van der Waals surface area contributed by atoms with Crippen LogP contribution in [0.4, 0.5) is 5.69 Å². The van der Waals surface area contributed by atoms with Crippen molar-refractivity contribution in [1.29, 1.82) is 0 Å². The van der Waals surface area contributed by atoms with Crippen LogP contribution in [0.2, 0.25) is 0 Å². The number of amides is 2. The molecule has 1 fully saturated rings. The monoisotopic (exact) mass is 323 g/mol. The van der Waals surface area contributed by atoms with Crippen LogP contribution >= 0.6 is 0 Å². The molecule has 1 saturated heterocycles. The van der Waals surface area contributed by atoms with Crippen molar-refractivity contribution in [3.8, 4) is 0 Å². The molecule has 3 N–H and O–H groups in total. The largest absolute Gasteiger partial charge is 0.399 e. The Kier molecular flexibility index (Phi) is 4.79. The zero-order valence-electron chi connectivity index (χ0n) is 13.4. The van der Waals surface area contributed by atoms with Gasteiger partial charge < -0.3 is 16.0 Å². The predicted octanol–water partition coefficient (Wildman–Crippen LogP) is 2.30. The Morgan fingerprint density at radius 1 is 0.917 bits per heavy atom. The molecule has 0 atom stereocenters. The summed E-state index contributed by atoms with van der Waals surface area (Å²) in [4.78, 5) is 26.5. The number of piperidine rings is 1. The van der Waals surface area contributed by atoms with Crippen molar-refractivity contribution in [1.82, 2.24) is 10.2 Å². The number of nitrogen functional groups attached to an aromatic ring is 1. The summed E-state index contributed by atoms with van der Waals surface area (Å²) >= 11 is 0. The Hall–Kier alpha value is -2.82. The summed E-state index contributed by atoms with van der Waals surface area (Å²) in [5.74, 6) is -0.0400. The van der Waals surface area contributed by atoms with Gasteiger partial charge in [-0.1, -0.05) is 18.2 Å². The summed E-state index contributed by atoms with van der Waals surface area (Å²) in [6, 6.07) is 16.3. The summed E-state index contributed by atoms with van der Waals surface area (Å²) in [7, 11) is 0. The molecule has 0 aromatic heterocycles. The molecule has 1 aliphatic heterocycles. The van der Waals surface area contributed by atoms with Crippen LogP contribution in [-0.4, -0.2) is 35.8 Å². The minimum atomic E-state index is -0.0566. The van der Waals surface area contributed by atoms with Gasteiger partial charge in [-0.05, 0) is 49.2 Å². The predicted molar refractivity (Wildman–Crippen MR) is 93.7 cm³/mol. The van der Waals surface area contributed by atoms with Gasteiger partial charge in [0, 0.05) is 35.9 Å². The fraction of sp³-hybridized carbons (Fsp3) is 0.263. The van der Waals surface area contributed by atoms with E-state index in [9.17, 15) is 9.59 Å². The SMILES string of the molecule is Nc1ccc(C(=O)N2CCC(NC(=O)c3ccccc3)CC2)cc1. The number of nitrogens with one attached hydrogen (secondary N) is 1. The molecule has 0 spiro atoms. The Labute approximate surface area is 141 Å². The van der Waals surface area contributed by atoms with Crippen LogP contribution < -0.4 is 11.1 Å². The van der Waals surface area contributed by atoms with E-state index in [2.05, 4.69) is 5.32 Å². The maximum Gasteiger partial charge on any atom is 0.253 e. The highest BCUT2D eigenvalue weighted by Gasteiger charge is 2.24. The summed E-state index contributed by atoms with van der Waals surface area (Å²) in [6.07, 6.45) is 1.53. The number of nitrogens with two attached hydrogens (primary N) is 1. The minimum Gasteiger partial charge on any atom is -0.399 e. The lowest BCUT2D eigenvalue weighted by Crippen LogP contribution is -2.46. The third-order valence-corrected chi connectivity index (χ3v) is 4.31. The number of rotatable bonds is 3. The van der Waals surface area contributed by atoms with Crippen molar-refractivity contribution in [2.75, 3.05) is 18.8 Å². The molecule has 2 aromatic rings. The van der Waals surface area contributed by atoms with Crippen molar-refractivity contribution in [3.63, 3.8) is 0 Å². The quantitative estimate of drug-likeness (QED) is 0.851. The first-order valence-electron chi connectivity index (χ1n) is 8.14. The molecule has 1 aliphatic rings. The molecule has 5 nitrogen and oxygen atoms in total. The first-order valence-corrected chi connectivity index (χ1v) is 8.14. The summed E-state index contributed by atoms with van der Waals surface area (Å²) in [5.41, 5.74) is 7.61. The average molecular weight is 323 g/mol. The Morgan fingerprint density at radius 2 is 1.54 bits per heavy atom. The first-order chi connectivity index (χ1) is 11.6. The van der Waals surface area contributed by atoms with Gasteiger partial charge in [-0.15, -0.1) is 0 Å². The van der Waals surface area contributed by atoms with E-state index in [1.165, 1.54) is 0 Å². The van der Waals surface area contributed by atoms with Crippen LogP contribution in [-0.2, 0) is 0 Å². The highest BCUT2D eigenvalue weighted by atomic mass is 16.2. The number of carbonyl (C=O) groups excluding carboxylic acids is 2. The standard InChI is InChI=1S/C19H21N3O2/c20-16-8-6-15(7-9-16)19(24)22-12-10-17(11-13-22)21-18(23)14-4-2-1-3-5-14/h1-9,17H,10-13,20H2,(H,21,23). The average Bonchev–Trinajstić information content (AvgIpc) is 2.63. The number of carbonyl (C=O) groups is 2. The molecule has 0 unspecified atom stereocenters. The third kappa shape index (κ3) is 3.74. The molecule has 2 aromatic carbocycles. The lowest BCUT2D eigenvalue weighted by molar-refractivity contribution is 0.0698. The fourth-order valence-electron chi connectivity index (χ4n) is 2.89. The van der Waals surface area contributed by atoms with Gasteiger partial charge >= 0.3 is 0 Å². The maximum atomic E-state index is 12.5. The second kappa shape index (κ2) is 7.17. The Morgan fingerprint density at radius 3 is 2.17 bits per heavy atom. The second-order valence-electron chi connectivity index (χ2n) is 6.03. The number of likely N-dealkylation sites (tertiary alicyclic amines) is 1. The maximum absolute atomic E-state index is 12.5. The molecular formula is C19H21N3O2. The Bertz CT molecular complexity index is 705. The third-order valence-electron chi connectivity index (χ3n) is 4.31. The van der Waals surface area contributed by atoms with Crippen LogP contribution in [0.25, 0.3) is 0 Å². The smallest absolute Gasteiger partial charge is 0.253 e. The van der Waals surface area contributed by atoms with Crippen LogP contribution in [0, 0.1) is 0 Å². The summed E-state index contributed by atoms with van der Waals surface area (Å²) in [6.45, 7) is 1.28. The zero-order valence-corrected chi connectivity index (χ0v) is 13.4. The minimum absolute atomic E-state index is 0.0165. The van der Waals surface area contributed by atoms with Gasteiger partial charge in [0.2, 0.25) is 0 Å². The van der Waals surface area contributed by atoms with Gasteiger partial charge in [0.05, 0.1) is 0 Å². The lowest BCUT2D eigenvalue weighted by Gasteiger charge is -2.32. The topological polar surface area (TPSA) is 75.4 Å². The highest BCUT2D eigenvalue weighted by Crippen LogP contribution is 2.15. The Balaban J connectivity index is 1.53. The van der Waals surface area contributed by atoms with E-state index in [0.29, 0.717) is 29.9 Å². The number of hydrogen-bond donors (Lipinski definition) is 2. The molecule has 5 heteroatoms. The zero-order chi connectivity index (χ0) is 16.9. The van der Waals surface area contributed by atoms with Gasteiger partial charge in [-0.25, -0.2) is 0 Å². The van der Waals surface area contributed by atoms with Gasteiger partial charge in [-0.2, -0.15) is 0 Å². The first kappa shape index (κ1) is 16.1. The van der Waals surface area contributed by atoms with Gasteiger partial charge in [-0.3, -0.25) is 9.59 Å². The normalized spacial score (nSPS) is 15.1. The number of anilines is 1. The van der Waals surface area contributed by atoms with E-state index in [1.807, 2.05) is 23.1 Å². The summed E-state index contributed by atoms with van der Waals surface area (Å²) < 4.78 is 0. The van der Waals surface area contributed by atoms with Crippen molar-refractivity contribution < 1.29 is 9.59 Å². The van der Waals surface area contributed by atoms with Crippen molar-refractivity contribution in [2.24, 2.45) is 0 Å². The van der Waals surface area contributed by atoms with Gasteiger partial charge in [0.1, 0.15) is 0 Å². The number of nitrogens with zero attached hydrogens (tertiary/aromatic N) is 1.